The maximum Gasteiger partial charge on any atom is 0.289 e. The van der Waals surface area contributed by atoms with E-state index in [9.17, 15) is 4.79 Å². The van der Waals surface area contributed by atoms with Crippen molar-refractivity contribution in [3.8, 4) is 5.75 Å². The summed E-state index contributed by atoms with van der Waals surface area (Å²) in [6, 6.07) is 17.8. The lowest BCUT2D eigenvalue weighted by atomic mass is 10.1. The van der Waals surface area contributed by atoms with Crippen LogP contribution in [0, 0.1) is 5.92 Å². The second-order valence-corrected chi connectivity index (χ2v) is 7.26. The summed E-state index contributed by atoms with van der Waals surface area (Å²) in [5.74, 6) is 2.52. The van der Waals surface area contributed by atoms with Crippen LogP contribution in [-0.2, 0) is 6.61 Å². The lowest BCUT2D eigenvalue weighted by molar-refractivity contribution is 0.0711. The van der Waals surface area contributed by atoms with Gasteiger partial charge >= 0.3 is 0 Å². The molecule has 1 amide bonds. The fraction of sp³-hybridized carbons (Fsp3) is 0.348. The molecule has 4 nitrogen and oxygen atoms in total. The van der Waals surface area contributed by atoms with Crippen LogP contribution in [0.15, 0.2) is 59.0 Å². The Bertz CT molecular complexity index is 926. The highest BCUT2D eigenvalue weighted by molar-refractivity contribution is 5.91. The summed E-state index contributed by atoms with van der Waals surface area (Å²) in [5.41, 5.74) is 0. The van der Waals surface area contributed by atoms with E-state index in [0.717, 1.165) is 30.6 Å². The van der Waals surface area contributed by atoms with Gasteiger partial charge in [-0.1, -0.05) is 37.3 Å². The average molecular weight is 363 g/mol. The van der Waals surface area contributed by atoms with Gasteiger partial charge in [0.15, 0.2) is 5.76 Å². The molecule has 4 heteroatoms. The summed E-state index contributed by atoms with van der Waals surface area (Å²) in [6.07, 6.45) is 3.42. The predicted octanol–water partition coefficient (Wildman–Crippen LogP) is 5.27. The Labute approximate surface area is 159 Å². The Balaban J connectivity index is 1.39. The third-order valence-electron chi connectivity index (χ3n) is 4.93. The molecular formula is C23H25NO3. The fourth-order valence-electron chi connectivity index (χ4n) is 3.30. The minimum Gasteiger partial charge on any atom is -0.486 e. The van der Waals surface area contributed by atoms with E-state index in [1.807, 2.05) is 41.3 Å². The maximum atomic E-state index is 12.7. The smallest absolute Gasteiger partial charge is 0.289 e. The Morgan fingerprint density at radius 3 is 2.70 bits per heavy atom. The van der Waals surface area contributed by atoms with Crippen LogP contribution in [-0.4, -0.2) is 23.9 Å². The topological polar surface area (TPSA) is 42.7 Å². The van der Waals surface area contributed by atoms with Gasteiger partial charge in [-0.3, -0.25) is 4.79 Å². The molecule has 2 aromatic carbocycles. The lowest BCUT2D eigenvalue weighted by Gasteiger charge is -2.20. The van der Waals surface area contributed by atoms with Gasteiger partial charge in [0, 0.05) is 13.1 Å². The van der Waals surface area contributed by atoms with E-state index in [4.69, 9.17) is 9.15 Å². The Morgan fingerprint density at radius 2 is 1.93 bits per heavy atom. The molecule has 1 aliphatic rings. The van der Waals surface area contributed by atoms with E-state index < -0.39 is 0 Å². The van der Waals surface area contributed by atoms with Gasteiger partial charge < -0.3 is 14.1 Å². The van der Waals surface area contributed by atoms with Gasteiger partial charge in [-0.15, -0.1) is 0 Å². The molecular weight excluding hydrogens is 338 g/mol. The molecule has 1 heterocycles. The van der Waals surface area contributed by atoms with E-state index >= 15 is 0 Å². The lowest BCUT2D eigenvalue weighted by Crippen LogP contribution is -2.33. The highest BCUT2D eigenvalue weighted by Crippen LogP contribution is 2.30. The second kappa shape index (κ2) is 7.87. The van der Waals surface area contributed by atoms with Crippen molar-refractivity contribution in [3.05, 3.63) is 66.1 Å². The zero-order chi connectivity index (χ0) is 18.6. The number of furan rings is 1. The number of ether oxygens (including phenoxy) is 1. The Morgan fingerprint density at radius 1 is 1.11 bits per heavy atom. The minimum atomic E-state index is -0.0132. The summed E-state index contributed by atoms with van der Waals surface area (Å²) in [5, 5.41) is 2.32. The molecule has 0 atom stereocenters. The van der Waals surface area contributed by atoms with E-state index in [1.54, 1.807) is 6.07 Å². The number of fused-ring (bicyclic) bond motifs is 1. The number of rotatable bonds is 8. The van der Waals surface area contributed by atoms with Crippen LogP contribution in [0.4, 0.5) is 0 Å². The molecule has 0 saturated heterocycles. The van der Waals surface area contributed by atoms with Gasteiger partial charge in [-0.2, -0.15) is 0 Å². The first-order valence-electron chi connectivity index (χ1n) is 9.72. The van der Waals surface area contributed by atoms with Crippen LogP contribution in [0.5, 0.6) is 5.75 Å². The van der Waals surface area contributed by atoms with Crippen LogP contribution in [0.3, 0.4) is 0 Å². The van der Waals surface area contributed by atoms with Crippen LogP contribution in [0.25, 0.3) is 10.8 Å². The Kier molecular flexibility index (Phi) is 5.14. The number of nitrogens with zero attached hydrogens (tertiary/aromatic N) is 1. The highest BCUT2D eigenvalue weighted by Gasteiger charge is 2.28. The molecule has 0 aliphatic heterocycles. The number of amides is 1. The summed E-state index contributed by atoms with van der Waals surface area (Å²) in [4.78, 5) is 14.6. The first-order valence-corrected chi connectivity index (χ1v) is 9.72. The predicted molar refractivity (Wildman–Crippen MR) is 106 cm³/mol. The SMILES string of the molecule is CCCN(CC1CC1)C(=O)c1ccc(COc2ccc3ccccc3c2)o1. The van der Waals surface area contributed by atoms with Crippen molar-refractivity contribution in [2.75, 3.05) is 13.1 Å². The van der Waals surface area contributed by atoms with Gasteiger partial charge in [0.25, 0.3) is 5.91 Å². The molecule has 0 N–H and O–H groups in total. The molecule has 4 rings (SSSR count). The molecule has 0 radical (unpaired) electrons. The van der Waals surface area contributed by atoms with Gasteiger partial charge in [-0.05, 0) is 60.2 Å². The average Bonchev–Trinajstić information content (AvgIpc) is 3.39. The number of carbonyl (C=O) groups excluding carboxylic acids is 1. The van der Waals surface area contributed by atoms with E-state index in [-0.39, 0.29) is 5.91 Å². The largest absolute Gasteiger partial charge is 0.486 e. The molecule has 1 fully saturated rings. The molecule has 140 valence electrons. The number of benzene rings is 2. The molecule has 1 aliphatic carbocycles. The van der Waals surface area contributed by atoms with Gasteiger partial charge in [0.05, 0.1) is 0 Å². The zero-order valence-electron chi connectivity index (χ0n) is 15.7. The van der Waals surface area contributed by atoms with Crippen LogP contribution < -0.4 is 4.74 Å². The van der Waals surface area contributed by atoms with Crippen molar-refractivity contribution in [2.24, 2.45) is 5.92 Å². The van der Waals surface area contributed by atoms with Crippen molar-refractivity contribution in [1.29, 1.82) is 0 Å². The third kappa shape index (κ3) is 4.33. The maximum absolute atomic E-state index is 12.7. The number of hydrogen-bond donors (Lipinski definition) is 0. The highest BCUT2D eigenvalue weighted by atomic mass is 16.5. The Hall–Kier alpha value is -2.75. The fourth-order valence-corrected chi connectivity index (χ4v) is 3.30. The molecule has 0 spiro atoms. The van der Waals surface area contributed by atoms with Crippen LogP contribution >= 0.6 is 0 Å². The molecule has 1 saturated carbocycles. The van der Waals surface area contributed by atoms with Gasteiger partial charge in [0.1, 0.15) is 18.1 Å². The van der Waals surface area contributed by atoms with Crippen LogP contribution in [0.2, 0.25) is 0 Å². The minimum absolute atomic E-state index is 0.0132. The molecule has 27 heavy (non-hydrogen) atoms. The summed E-state index contributed by atoms with van der Waals surface area (Å²) in [7, 11) is 0. The second-order valence-electron chi connectivity index (χ2n) is 7.26. The van der Waals surface area contributed by atoms with Crippen LogP contribution in [0.1, 0.15) is 42.5 Å². The van der Waals surface area contributed by atoms with Crippen molar-refractivity contribution in [2.45, 2.75) is 32.8 Å². The first-order chi connectivity index (χ1) is 13.2. The molecule has 0 unspecified atom stereocenters. The summed E-state index contributed by atoms with van der Waals surface area (Å²) in [6.45, 7) is 4.02. The standard InChI is InChI=1S/C23H25NO3/c1-2-13-24(15-17-7-8-17)23(25)22-12-11-21(27-22)16-26-20-10-9-18-5-3-4-6-19(18)14-20/h3-6,9-12,14,17H,2,7-8,13,15-16H2,1H3. The number of carbonyl (C=O) groups is 1. The van der Waals surface area contributed by atoms with E-state index in [0.29, 0.717) is 24.0 Å². The van der Waals surface area contributed by atoms with Gasteiger partial charge in [0.2, 0.25) is 0 Å². The normalized spacial score (nSPS) is 13.7. The van der Waals surface area contributed by atoms with Crippen molar-refractivity contribution >= 4 is 16.7 Å². The molecule has 0 bridgehead atoms. The molecule has 1 aromatic heterocycles. The monoisotopic (exact) mass is 363 g/mol. The van der Waals surface area contributed by atoms with Crippen molar-refractivity contribution in [3.63, 3.8) is 0 Å². The van der Waals surface area contributed by atoms with E-state index in [1.165, 1.54) is 18.2 Å². The van der Waals surface area contributed by atoms with Crippen molar-refractivity contribution in [1.82, 2.24) is 4.90 Å². The summed E-state index contributed by atoms with van der Waals surface area (Å²) >= 11 is 0. The summed E-state index contributed by atoms with van der Waals surface area (Å²) < 4.78 is 11.6. The number of hydrogen-bond acceptors (Lipinski definition) is 3. The van der Waals surface area contributed by atoms with Crippen molar-refractivity contribution < 1.29 is 13.9 Å². The molecule has 3 aromatic rings. The first kappa shape index (κ1) is 17.7. The van der Waals surface area contributed by atoms with E-state index in [2.05, 4.69) is 19.1 Å². The zero-order valence-corrected chi connectivity index (χ0v) is 15.7. The third-order valence-corrected chi connectivity index (χ3v) is 4.93. The van der Waals surface area contributed by atoms with Gasteiger partial charge in [-0.25, -0.2) is 0 Å². The quantitative estimate of drug-likeness (QED) is 0.547.